The zero-order valence-electron chi connectivity index (χ0n) is 13.6. The first-order valence-electron chi connectivity index (χ1n) is 7.98. The summed E-state index contributed by atoms with van der Waals surface area (Å²) in [7, 11) is 0. The van der Waals surface area contributed by atoms with E-state index < -0.39 is 0 Å². The lowest BCUT2D eigenvalue weighted by molar-refractivity contribution is -0.120. The molecule has 5 heteroatoms. The minimum absolute atomic E-state index is 0.00563. The molecule has 24 heavy (non-hydrogen) atoms. The highest BCUT2D eigenvalue weighted by Gasteiger charge is 2.03. The van der Waals surface area contributed by atoms with Crippen molar-refractivity contribution >= 4 is 22.6 Å². The Bertz CT molecular complexity index is 830. The van der Waals surface area contributed by atoms with Crippen LogP contribution in [-0.2, 0) is 11.2 Å². The van der Waals surface area contributed by atoms with E-state index in [1.165, 1.54) is 0 Å². The van der Waals surface area contributed by atoms with Gasteiger partial charge in [0.25, 0.3) is 0 Å². The molecule has 0 aliphatic rings. The second-order valence-corrected chi connectivity index (χ2v) is 5.65. The molecular weight excluding hydrogens is 300 g/mol. The average Bonchev–Trinajstić information content (AvgIpc) is 2.60. The SMILES string of the molecule is Cc1ccc(CC(=O)NCCNc2ccc3ccccc3n2)cn1. The van der Waals surface area contributed by atoms with Crippen LogP contribution < -0.4 is 10.6 Å². The Hall–Kier alpha value is -2.95. The average molecular weight is 320 g/mol. The van der Waals surface area contributed by atoms with Gasteiger partial charge in [-0.2, -0.15) is 0 Å². The fraction of sp³-hybridized carbons (Fsp3) is 0.211. The molecule has 0 aliphatic heterocycles. The van der Waals surface area contributed by atoms with Gasteiger partial charge in [-0.3, -0.25) is 9.78 Å². The van der Waals surface area contributed by atoms with Crippen LogP contribution in [0, 0.1) is 6.92 Å². The molecule has 0 bridgehead atoms. The molecule has 2 N–H and O–H groups in total. The van der Waals surface area contributed by atoms with Crippen LogP contribution in [0.3, 0.4) is 0 Å². The van der Waals surface area contributed by atoms with E-state index in [0.29, 0.717) is 19.5 Å². The molecule has 3 aromatic rings. The molecule has 0 saturated heterocycles. The molecule has 5 nitrogen and oxygen atoms in total. The van der Waals surface area contributed by atoms with E-state index in [1.54, 1.807) is 6.20 Å². The largest absolute Gasteiger partial charge is 0.368 e. The summed E-state index contributed by atoms with van der Waals surface area (Å²) in [6.45, 7) is 3.10. The highest BCUT2D eigenvalue weighted by molar-refractivity contribution is 5.80. The van der Waals surface area contributed by atoms with Crippen molar-refractivity contribution in [2.45, 2.75) is 13.3 Å². The van der Waals surface area contributed by atoms with Crippen LogP contribution >= 0.6 is 0 Å². The lowest BCUT2D eigenvalue weighted by Crippen LogP contribution is -2.30. The maximum atomic E-state index is 11.9. The first-order chi connectivity index (χ1) is 11.7. The van der Waals surface area contributed by atoms with Crippen LogP contribution in [0.4, 0.5) is 5.82 Å². The summed E-state index contributed by atoms with van der Waals surface area (Å²) in [6, 6.07) is 15.8. The number of hydrogen-bond acceptors (Lipinski definition) is 4. The molecule has 2 aromatic heterocycles. The summed E-state index contributed by atoms with van der Waals surface area (Å²) in [6.07, 6.45) is 2.09. The molecule has 0 radical (unpaired) electrons. The van der Waals surface area contributed by atoms with Gasteiger partial charge < -0.3 is 10.6 Å². The molecule has 0 atom stereocenters. The Kier molecular flexibility index (Phi) is 5.01. The van der Waals surface area contributed by atoms with E-state index in [2.05, 4.69) is 20.6 Å². The summed E-state index contributed by atoms with van der Waals surface area (Å²) >= 11 is 0. The van der Waals surface area contributed by atoms with Gasteiger partial charge in [-0.25, -0.2) is 4.98 Å². The van der Waals surface area contributed by atoms with Crippen LogP contribution in [0.15, 0.2) is 54.7 Å². The number of rotatable bonds is 6. The van der Waals surface area contributed by atoms with Crippen LogP contribution in [0.25, 0.3) is 10.9 Å². The van der Waals surface area contributed by atoms with Crippen LogP contribution in [-0.4, -0.2) is 29.0 Å². The normalized spacial score (nSPS) is 10.5. The number of anilines is 1. The lowest BCUT2D eigenvalue weighted by Gasteiger charge is -2.08. The van der Waals surface area contributed by atoms with E-state index in [-0.39, 0.29) is 5.91 Å². The zero-order chi connectivity index (χ0) is 16.8. The van der Waals surface area contributed by atoms with Crippen molar-refractivity contribution in [3.8, 4) is 0 Å². The third-order valence-corrected chi connectivity index (χ3v) is 3.69. The Labute approximate surface area is 141 Å². The van der Waals surface area contributed by atoms with Gasteiger partial charge in [0.05, 0.1) is 11.9 Å². The first kappa shape index (κ1) is 15.9. The topological polar surface area (TPSA) is 66.9 Å². The number of pyridine rings is 2. The number of carbonyl (C=O) groups excluding carboxylic acids is 1. The van der Waals surface area contributed by atoms with Crippen LogP contribution in [0.2, 0.25) is 0 Å². The summed E-state index contributed by atoms with van der Waals surface area (Å²) in [5, 5.41) is 7.24. The van der Waals surface area contributed by atoms with Gasteiger partial charge in [0.1, 0.15) is 5.82 Å². The van der Waals surface area contributed by atoms with Crippen LogP contribution in [0.1, 0.15) is 11.3 Å². The number of nitrogens with one attached hydrogen (secondary N) is 2. The van der Waals surface area contributed by atoms with E-state index in [1.807, 2.05) is 55.5 Å². The molecule has 0 unspecified atom stereocenters. The Morgan fingerprint density at radius 3 is 2.75 bits per heavy atom. The van der Waals surface area contributed by atoms with E-state index in [4.69, 9.17) is 0 Å². The van der Waals surface area contributed by atoms with Crippen molar-refractivity contribution in [3.63, 3.8) is 0 Å². The zero-order valence-corrected chi connectivity index (χ0v) is 13.6. The second-order valence-electron chi connectivity index (χ2n) is 5.65. The summed E-state index contributed by atoms with van der Waals surface area (Å²) in [4.78, 5) is 20.6. The van der Waals surface area contributed by atoms with Crippen molar-refractivity contribution in [3.05, 3.63) is 66.0 Å². The molecular formula is C19H20N4O. The number of hydrogen-bond donors (Lipinski definition) is 2. The van der Waals surface area contributed by atoms with E-state index in [9.17, 15) is 4.79 Å². The van der Waals surface area contributed by atoms with Gasteiger partial charge in [-0.15, -0.1) is 0 Å². The predicted molar refractivity (Wildman–Crippen MR) is 95.9 cm³/mol. The molecule has 0 spiro atoms. The first-order valence-corrected chi connectivity index (χ1v) is 7.98. The highest BCUT2D eigenvalue weighted by Crippen LogP contribution is 2.14. The molecule has 1 aromatic carbocycles. The number of carbonyl (C=O) groups is 1. The number of fused-ring (bicyclic) bond motifs is 1. The number of amides is 1. The maximum absolute atomic E-state index is 11.9. The van der Waals surface area contributed by atoms with Gasteiger partial charge in [0, 0.05) is 30.4 Å². The standard InChI is InChI=1S/C19H20N4O/c1-14-6-7-15(13-22-14)12-19(24)21-11-10-20-18-9-8-16-4-2-3-5-17(16)23-18/h2-9,13H,10-12H2,1H3,(H,20,23)(H,21,24). The van der Waals surface area contributed by atoms with Gasteiger partial charge in [-0.1, -0.05) is 24.3 Å². The predicted octanol–water partition coefficient (Wildman–Crippen LogP) is 2.71. The monoisotopic (exact) mass is 320 g/mol. The van der Waals surface area contributed by atoms with Gasteiger partial charge >= 0.3 is 0 Å². The molecule has 122 valence electrons. The molecule has 3 rings (SSSR count). The second kappa shape index (κ2) is 7.55. The maximum Gasteiger partial charge on any atom is 0.224 e. The smallest absolute Gasteiger partial charge is 0.224 e. The van der Waals surface area contributed by atoms with Crippen molar-refractivity contribution < 1.29 is 4.79 Å². The van der Waals surface area contributed by atoms with Gasteiger partial charge in [-0.05, 0) is 36.8 Å². The van der Waals surface area contributed by atoms with Crippen LogP contribution in [0.5, 0.6) is 0 Å². The van der Waals surface area contributed by atoms with Gasteiger partial charge in [0.15, 0.2) is 0 Å². The van der Waals surface area contributed by atoms with Crippen molar-refractivity contribution in [1.82, 2.24) is 15.3 Å². The van der Waals surface area contributed by atoms with Crippen molar-refractivity contribution in [1.29, 1.82) is 0 Å². The molecule has 2 heterocycles. The summed E-state index contributed by atoms with van der Waals surface area (Å²) in [5.41, 5.74) is 2.83. The van der Waals surface area contributed by atoms with Crippen molar-refractivity contribution in [2.75, 3.05) is 18.4 Å². The molecule has 1 amide bonds. The number of nitrogens with zero attached hydrogens (tertiary/aromatic N) is 2. The number of benzene rings is 1. The number of aromatic nitrogens is 2. The third kappa shape index (κ3) is 4.29. The fourth-order valence-electron chi connectivity index (χ4n) is 2.41. The number of aryl methyl sites for hydroxylation is 1. The number of para-hydroxylation sites is 1. The van der Waals surface area contributed by atoms with E-state index in [0.717, 1.165) is 28.0 Å². The summed E-state index contributed by atoms with van der Waals surface area (Å²) < 4.78 is 0. The van der Waals surface area contributed by atoms with E-state index >= 15 is 0 Å². The Morgan fingerprint density at radius 1 is 1.04 bits per heavy atom. The molecule has 0 fully saturated rings. The minimum Gasteiger partial charge on any atom is -0.368 e. The van der Waals surface area contributed by atoms with Crippen molar-refractivity contribution in [2.24, 2.45) is 0 Å². The molecule has 0 aliphatic carbocycles. The fourth-order valence-corrected chi connectivity index (χ4v) is 2.41. The Balaban J connectivity index is 1.44. The third-order valence-electron chi connectivity index (χ3n) is 3.69. The lowest BCUT2D eigenvalue weighted by atomic mass is 10.2. The summed E-state index contributed by atoms with van der Waals surface area (Å²) in [5.74, 6) is 0.805. The minimum atomic E-state index is -0.00563. The Morgan fingerprint density at radius 2 is 1.92 bits per heavy atom. The quantitative estimate of drug-likeness (QED) is 0.685. The molecule has 0 saturated carbocycles. The highest BCUT2D eigenvalue weighted by atomic mass is 16.1. The van der Waals surface area contributed by atoms with Gasteiger partial charge in [0.2, 0.25) is 5.91 Å².